The summed E-state index contributed by atoms with van der Waals surface area (Å²) < 4.78 is 2.88. The summed E-state index contributed by atoms with van der Waals surface area (Å²) in [5.41, 5.74) is 7.94. The molecule has 2 N–H and O–H groups in total. The van der Waals surface area contributed by atoms with Crippen molar-refractivity contribution in [3.05, 3.63) is 52.8 Å². The van der Waals surface area contributed by atoms with Gasteiger partial charge in [0, 0.05) is 24.0 Å². The van der Waals surface area contributed by atoms with Gasteiger partial charge < -0.3 is 5.73 Å². The number of thiazole rings is 1. The van der Waals surface area contributed by atoms with Gasteiger partial charge in [0.2, 0.25) is 5.13 Å². The summed E-state index contributed by atoms with van der Waals surface area (Å²) in [5, 5.41) is 19.6. The summed E-state index contributed by atoms with van der Waals surface area (Å²) in [4.78, 5) is 16.0. The predicted octanol–water partition coefficient (Wildman–Crippen LogP) is 3.47. The number of hydrogen-bond acceptors (Lipinski definition) is 9. The Hall–Kier alpha value is -3.98. The first kappa shape index (κ1) is 17.4. The largest absolute Gasteiger partial charge is 0.382 e. The lowest BCUT2D eigenvalue weighted by Gasteiger charge is -2.00. The number of nitrogens with two attached hydrogens (primary N) is 1. The van der Waals surface area contributed by atoms with Crippen molar-refractivity contribution < 1.29 is 0 Å². The van der Waals surface area contributed by atoms with Gasteiger partial charge in [0.05, 0.1) is 18.0 Å². The maximum absolute atomic E-state index is 7.44. The Morgan fingerprint density at radius 3 is 2.46 bits per heavy atom. The van der Waals surface area contributed by atoms with Crippen LogP contribution in [0.4, 0.5) is 23.0 Å². The molecule has 4 aromatic heterocycles. The molecule has 0 saturated carbocycles. The van der Waals surface area contributed by atoms with Gasteiger partial charge in [-0.1, -0.05) is 0 Å². The first-order chi connectivity index (χ1) is 13.6. The first-order valence-corrected chi connectivity index (χ1v) is 8.89. The SMILES string of the molecule is [C-]#[N+]c1c(C)nn(-c2nccs2)c1N=Nc1c(C)nn(-c2ncccn2)c1N. The van der Waals surface area contributed by atoms with Gasteiger partial charge in [0.1, 0.15) is 0 Å². The molecule has 0 atom stereocenters. The maximum Gasteiger partial charge on any atom is 0.255 e. The summed E-state index contributed by atoms with van der Waals surface area (Å²) >= 11 is 1.38. The Morgan fingerprint density at radius 1 is 1.04 bits per heavy atom. The van der Waals surface area contributed by atoms with E-state index in [0.717, 1.165) is 0 Å². The Balaban J connectivity index is 1.79. The molecule has 11 nitrogen and oxygen atoms in total. The Bertz CT molecular complexity index is 1200. The molecule has 0 saturated heterocycles. The van der Waals surface area contributed by atoms with Gasteiger partial charge in [-0.15, -0.1) is 21.6 Å². The summed E-state index contributed by atoms with van der Waals surface area (Å²) in [6, 6.07) is 1.70. The third-order valence-corrected chi connectivity index (χ3v) is 4.51. The van der Waals surface area contributed by atoms with E-state index in [0.29, 0.717) is 33.8 Å². The van der Waals surface area contributed by atoms with E-state index < -0.39 is 0 Å². The van der Waals surface area contributed by atoms with Crippen LogP contribution < -0.4 is 5.73 Å². The van der Waals surface area contributed by atoms with Gasteiger partial charge in [0.15, 0.2) is 17.3 Å². The number of rotatable bonds is 4. The molecule has 0 radical (unpaired) electrons. The molecule has 4 aromatic rings. The molecular weight excluding hydrogens is 378 g/mol. The van der Waals surface area contributed by atoms with E-state index in [-0.39, 0.29) is 11.6 Å². The molecule has 0 bridgehead atoms. The summed E-state index contributed by atoms with van der Waals surface area (Å²) in [6.07, 6.45) is 4.84. The molecule has 0 spiro atoms. The van der Waals surface area contributed by atoms with Crippen molar-refractivity contribution in [3.63, 3.8) is 0 Å². The number of nitrogen functional groups attached to an aromatic ring is 1. The average Bonchev–Trinajstić information content (AvgIpc) is 3.40. The fourth-order valence-electron chi connectivity index (χ4n) is 2.49. The van der Waals surface area contributed by atoms with Gasteiger partial charge in [-0.25, -0.2) is 19.8 Å². The Labute approximate surface area is 163 Å². The molecule has 0 aliphatic carbocycles. The van der Waals surface area contributed by atoms with Crippen LogP contribution in [0, 0.1) is 20.4 Å². The summed E-state index contributed by atoms with van der Waals surface area (Å²) in [5.74, 6) is 0.855. The van der Waals surface area contributed by atoms with Crippen LogP contribution in [0.15, 0.2) is 40.3 Å². The third kappa shape index (κ3) is 2.89. The van der Waals surface area contributed by atoms with E-state index in [1.165, 1.54) is 20.7 Å². The molecule has 28 heavy (non-hydrogen) atoms. The fourth-order valence-corrected chi connectivity index (χ4v) is 3.08. The molecule has 0 aliphatic heterocycles. The van der Waals surface area contributed by atoms with Gasteiger partial charge in [-0.2, -0.15) is 19.6 Å². The lowest BCUT2D eigenvalue weighted by molar-refractivity contribution is 0.805. The van der Waals surface area contributed by atoms with Crippen molar-refractivity contribution in [3.8, 4) is 11.1 Å². The summed E-state index contributed by atoms with van der Waals surface area (Å²) in [7, 11) is 0. The quantitative estimate of drug-likeness (QED) is 0.419. The minimum absolute atomic E-state index is 0.244. The molecule has 0 aromatic carbocycles. The Kier molecular flexibility index (Phi) is 4.34. The lowest BCUT2D eigenvalue weighted by atomic mass is 10.4. The number of aryl methyl sites for hydroxylation is 2. The van der Waals surface area contributed by atoms with Gasteiger partial charge in [-0.05, 0) is 19.9 Å². The predicted molar refractivity (Wildman–Crippen MR) is 103 cm³/mol. The van der Waals surface area contributed by atoms with Crippen LogP contribution in [-0.2, 0) is 0 Å². The molecular formula is C16H13N11S. The van der Waals surface area contributed by atoms with Crippen LogP contribution in [0.3, 0.4) is 0 Å². The Morgan fingerprint density at radius 2 is 1.79 bits per heavy atom. The van der Waals surface area contributed by atoms with Crippen molar-refractivity contribution in [2.75, 3.05) is 5.73 Å². The molecule has 4 rings (SSSR count). The molecule has 12 heteroatoms. The van der Waals surface area contributed by atoms with Crippen molar-refractivity contribution in [1.82, 2.24) is 34.5 Å². The van der Waals surface area contributed by atoms with Crippen LogP contribution in [-0.4, -0.2) is 34.5 Å². The standard InChI is InChI=1S/C16H13N11S/c1-9-11(13(17)26(24-9)15-19-5-4-6-20-15)22-23-14-12(18-3)10(2)25-27(14)16-21-7-8-28-16/h4-8H,17H2,1-2H3. The number of anilines is 1. The van der Waals surface area contributed by atoms with Crippen molar-refractivity contribution in [2.24, 2.45) is 10.2 Å². The molecule has 4 heterocycles. The maximum atomic E-state index is 7.44. The van der Waals surface area contributed by atoms with E-state index in [1.807, 2.05) is 5.38 Å². The number of nitrogens with zero attached hydrogens (tertiary/aromatic N) is 10. The zero-order valence-corrected chi connectivity index (χ0v) is 15.7. The van der Waals surface area contributed by atoms with Crippen LogP contribution >= 0.6 is 11.3 Å². The van der Waals surface area contributed by atoms with Crippen LogP contribution in [0.2, 0.25) is 0 Å². The highest BCUT2D eigenvalue weighted by Crippen LogP contribution is 2.37. The van der Waals surface area contributed by atoms with Gasteiger partial charge in [-0.3, -0.25) is 0 Å². The monoisotopic (exact) mass is 391 g/mol. The zero-order chi connectivity index (χ0) is 19.7. The van der Waals surface area contributed by atoms with Crippen molar-refractivity contribution in [1.29, 1.82) is 0 Å². The normalized spacial score (nSPS) is 11.2. The van der Waals surface area contributed by atoms with Crippen LogP contribution in [0.25, 0.3) is 15.9 Å². The first-order valence-electron chi connectivity index (χ1n) is 8.01. The molecule has 0 unspecified atom stereocenters. The minimum Gasteiger partial charge on any atom is -0.382 e. The highest BCUT2D eigenvalue weighted by molar-refractivity contribution is 7.12. The second-order valence-corrected chi connectivity index (χ2v) is 6.45. The van der Waals surface area contributed by atoms with E-state index in [4.69, 9.17) is 12.3 Å². The smallest absolute Gasteiger partial charge is 0.255 e. The lowest BCUT2D eigenvalue weighted by Crippen LogP contribution is -2.05. The van der Waals surface area contributed by atoms with Crippen molar-refractivity contribution >= 4 is 34.3 Å². The van der Waals surface area contributed by atoms with E-state index in [2.05, 4.69) is 40.2 Å². The highest BCUT2D eigenvalue weighted by Gasteiger charge is 2.20. The topological polar surface area (TPSA) is 129 Å². The average molecular weight is 391 g/mol. The van der Waals surface area contributed by atoms with Crippen LogP contribution in [0.1, 0.15) is 11.4 Å². The molecule has 0 amide bonds. The number of azo groups is 1. The zero-order valence-electron chi connectivity index (χ0n) is 14.8. The molecule has 138 valence electrons. The second-order valence-electron chi connectivity index (χ2n) is 5.58. The van der Waals surface area contributed by atoms with Crippen LogP contribution in [0.5, 0.6) is 0 Å². The second kappa shape index (κ2) is 6.97. The molecule has 0 aliphatic rings. The van der Waals surface area contributed by atoms with E-state index in [9.17, 15) is 0 Å². The number of aromatic nitrogens is 7. The molecule has 0 fully saturated rings. The minimum atomic E-state index is 0.244. The van der Waals surface area contributed by atoms with Gasteiger partial charge in [0.25, 0.3) is 11.6 Å². The third-order valence-electron chi connectivity index (χ3n) is 3.77. The van der Waals surface area contributed by atoms with E-state index in [1.54, 1.807) is 38.5 Å². The number of hydrogen-bond donors (Lipinski definition) is 1. The van der Waals surface area contributed by atoms with E-state index >= 15 is 0 Å². The summed E-state index contributed by atoms with van der Waals surface area (Å²) in [6.45, 7) is 10.9. The van der Waals surface area contributed by atoms with Gasteiger partial charge >= 0.3 is 0 Å². The van der Waals surface area contributed by atoms with Crippen molar-refractivity contribution in [2.45, 2.75) is 13.8 Å². The fraction of sp³-hybridized carbons (Fsp3) is 0.125. The highest BCUT2D eigenvalue weighted by atomic mass is 32.1.